The molecular weight excluding hydrogens is 462 g/mol. The number of hydrogen-bond acceptors (Lipinski definition) is 6. The van der Waals surface area contributed by atoms with E-state index in [1.807, 2.05) is 23.9 Å². The Morgan fingerprint density at radius 2 is 1.42 bits per heavy atom. The van der Waals surface area contributed by atoms with Gasteiger partial charge in [0.05, 0.1) is 0 Å². The van der Waals surface area contributed by atoms with Crippen LogP contribution in [0.15, 0.2) is 21.7 Å². The van der Waals surface area contributed by atoms with Gasteiger partial charge in [0.2, 0.25) is 0 Å². The zero-order valence-electron chi connectivity index (χ0n) is 16.2. The maximum absolute atomic E-state index is 12.7. The molecule has 0 aromatic carbocycles. The van der Waals surface area contributed by atoms with E-state index in [2.05, 4.69) is 55.2 Å². The fourth-order valence-corrected chi connectivity index (χ4v) is 3.96. The first-order valence-electron chi connectivity index (χ1n) is 8.80. The quantitative estimate of drug-likeness (QED) is 0.218. The van der Waals surface area contributed by atoms with Crippen LogP contribution in [-0.4, -0.2) is 95.2 Å². The molecule has 2 rings (SSSR count). The Morgan fingerprint density at radius 3 is 1.81 bits per heavy atom. The minimum absolute atomic E-state index is 0.0358. The van der Waals surface area contributed by atoms with Gasteiger partial charge in [-0.1, -0.05) is 0 Å². The molecule has 0 amide bonds. The molecule has 6 nitrogen and oxygen atoms in total. The first kappa shape index (κ1) is 21.5. The van der Waals surface area contributed by atoms with E-state index in [4.69, 9.17) is 0 Å². The monoisotopic (exact) mass is 492 g/mol. The summed E-state index contributed by atoms with van der Waals surface area (Å²) in [5, 5.41) is 18.2. The Hall–Kier alpha value is -0.811. The number of aliphatic hydroxyl groups is 1. The van der Waals surface area contributed by atoms with Gasteiger partial charge in [-0.15, -0.1) is 0 Å². The van der Waals surface area contributed by atoms with Crippen molar-refractivity contribution >= 4 is 46.0 Å². The summed E-state index contributed by atoms with van der Waals surface area (Å²) in [6, 6.07) is 0. The summed E-state index contributed by atoms with van der Waals surface area (Å²) in [5.41, 5.74) is 0.372. The summed E-state index contributed by atoms with van der Waals surface area (Å²) in [5.74, 6) is -0.284. The number of ketones is 1. The van der Waals surface area contributed by atoms with Crippen LogP contribution in [-0.2, 0) is 4.79 Å². The van der Waals surface area contributed by atoms with E-state index in [0.29, 0.717) is 0 Å². The van der Waals surface area contributed by atoms with Crippen LogP contribution in [0.2, 0.25) is 0 Å². The van der Waals surface area contributed by atoms with Gasteiger partial charge in [-0.2, -0.15) is 0 Å². The van der Waals surface area contributed by atoms with E-state index in [9.17, 15) is 9.90 Å². The van der Waals surface area contributed by atoms with Crippen LogP contribution in [0.4, 0.5) is 0 Å². The number of Topliss-reactive ketones (excluding diaryl/α,β-unsaturated/α-hetero) is 1. The zero-order chi connectivity index (χ0) is 19.7. The Labute approximate surface area is 171 Å². The summed E-state index contributed by atoms with van der Waals surface area (Å²) in [7, 11) is 5.29. The molecule has 0 aromatic rings. The summed E-state index contributed by atoms with van der Waals surface area (Å²) in [4.78, 5) is 16.6. The van der Waals surface area contributed by atoms with Crippen LogP contribution in [0.5, 0.6) is 0 Å². The third-order valence-electron chi connectivity index (χ3n) is 5.23. The maximum atomic E-state index is 12.7. The van der Waals surface area contributed by atoms with Gasteiger partial charge in [-0.25, -0.2) is 0 Å². The van der Waals surface area contributed by atoms with Gasteiger partial charge < -0.3 is 0 Å². The predicted octanol–water partition coefficient (Wildman–Crippen LogP) is 1.47. The number of carbonyl (C=O) groups is 1. The second-order valence-corrected chi connectivity index (χ2v) is 9.58. The van der Waals surface area contributed by atoms with Crippen LogP contribution in [0.3, 0.4) is 0 Å². The number of nitrogens with zero attached hydrogens (tertiary/aromatic N) is 4. The van der Waals surface area contributed by atoms with Crippen molar-refractivity contribution in [2.75, 3.05) is 34.2 Å². The Bertz CT molecular complexity index is 679. The summed E-state index contributed by atoms with van der Waals surface area (Å²) in [6.07, 6.45) is 4.54. The molecule has 0 bridgehead atoms. The van der Waals surface area contributed by atoms with Crippen LogP contribution in [0.1, 0.15) is 39.5 Å². The molecule has 0 atom stereocenters. The van der Waals surface area contributed by atoms with Crippen molar-refractivity contribution in [2.45, 2.75) is 39.5 Å². The van der Waals surface area contributed by atoms with Crippen molar-refractivity contribution in [3.8, 4) is 0 Å². The first-order chi connectivity index (χ1) is 12.0. The molecule has 0 saturated heterocycles. The van der Waals surface area contributed by atoms with Crippen LogP contribution < -0.4 is 0 Å². The van der Waals surface area contributed by atoms with E-state index in [0.717, 1.165) is 34.8 Å². The minimum atomic E-state index is -0.236. The summed E-state index contributed by atoms with van der Waals surface area (Å²) in [6.45, 7) is 4.76. The van der Waals surface area contributed by atoms with Crippen molar-refractivity contribution in [1.29, 1.82) is 0 Å². The van der Waals surface area contributed by atoms with Gasteiger partial charge in [0.15, 0.2) is 0 Å². The molecule has 0 aliphatic heterocycles. The zero-order valence-corrected chi connectivity index (χ0v) is 19.6. The number of carbonyl (C=O) groups excluding carboxylic acids is 1. The molecule has 8 heteroatoms. The van der Waals surface area contributed by atoms with Crippen LogP contribution in [0, 0.1) is 10.8 Å². The molecular formula is C18H28N4O2Se2. The van der Waals surface area contributed by atoms with Gasteiger partial charge in [-0.05, 0) is 0 Å². The topological polar surface area (TPSA) is 68.5 Å². The fourth-order valence-electron chi connectivity index (χ4n) is 2.83. The normalized spacial score (nSPS) is 20.3. The van der Waals surface area contributed by atoms with Crippen molar-refractivity contribution in [3.63, 3.8) is 0 Å². The van der Waals surface area contributed by atoms with Crippen molar-refractivity contribution in [2.24, 2.45) is 21.1 Å². The third-order valence-corrected chi connectivity index (χ3v) is 8.61. The number of hydrogen-bond donors (Lipinski definition) is 1. The number of likely N-dealkylation sites (N-methyl/N-ethyl adjacent to an activating group) is 2. The summed E-state index contributed by atoms with van der Waals surface area (Å²) >= 11 is 6.21. The first-order valence-corrected chi connectivity index (χ1v) is 10.5. The predicted molar refractivity (Wildman–Crippen MR) is 107 cm³/mol. The summed E-state index contributed by atoms with van der Waals surface area (Å²) < 4.78 is 2.18. The SMILES string of the molecule is CN=NC(C(=O)CN(C)C(=[Se])C1(C)CC1)=C(O)CN(C)C(=[Se])C1(C)CC1. The molecule has 2 aliphatic carbocycles. The third kappa shape index (κ3) is 4.92. The molecule has 0 radical (unpaired) electrons. The number of aliphatic hydroxyl groups excluding tert-OH is 1. The van der Waals surface area contributed by atoms with Gasteiger partial charge >= 0.3 is 172 Å². The standard InChI is InChI=1S/C18H28N4O2Se2/c1-17(6-7-17)15(25)21(4)10-12(23)14(20-19-3)13(24)11-22(5)16(26)18(2)8-9-18/h23H,6-11H2,1-5H3. The van der Waals surface area contributed by atoms with Gasteiger partial charge in [0.1, 0.15) is 0 Å². The number of rotatable bonds is 10. The molecule has 0 unspecified atom stereocenters. The average molecular weight is 490 g/mol. The van der Waals surface area contributed by atoms with E-state index in [1.165, 1.54) is 7.05 Å². The van der Waals surface area contributed by atoms with Gasteiger partial charge in [0.25, 0.3) is 0 Å². The fraction of sp³-hybridized carbons (Fsp3) is 0.722. The second-order valence-electron chi connectivity index (χ2n) is 7.96. The Kier molecular flexibility index (Phi) is 6.66. The van der Waals surface area contributed by atoms with Gasteiger partial charge in [-0.3, -0.25) is 0 Å². The van der Waals surface area contributed by atoms with E-state index < -0.39 is 0 Å². The second kappa shape index (κ2) is 8.05. The molecule has 0 aromatic heterocycles. The van der Waals surface area contributed by atoms with E-state index in [-0.39, 0.29) is 41.2 Å². The van der Waals surface area contributed by atoms with Crippen molar-refractivity contribution in [1.82, 2.24) is 9.80 Å². The molecule has 0 heterocycles. The van der Waals surface area contributed by atoms with E-state index in [1.54, 1.807) is 0 Å². The van der Waals surface area contributed by atoms with E-state index >= 15 is 0 Å². The Morgan fingerprint density at radius 1 is 1.00 bits per heavy atom. The van der Waals surface area contributed by atoms with Gasteiger partial charge in [0, 0.05) is 0 Å². The van der Waals surface area contributed by atoms with Crippen LogP contribution >= 0.6 is 0 Å². The average Bonchev–Trinajstić information content (AvgIpc) is 3.50. The molecule has 1 N–H and O–H groups in total. The van der Waals surface area contributed by atoms with Crippen LogP contribution in [0.25, 0.3) is 0 Å². The molecule has 2 saturated carbocycles. The number of azo groups is 1. The molecule has 0 spiro atoms. The molecule has 2 aliphatic rings. The van der Waals surface area contributed by atoms with Crippen molar-refractivity contribution < 1.29 is 9.90 Å². The van der Waals surface area contributed by atoms with Crippen molar-refractivity contribution in [3.05, 3.63) is 11.5 Å². The Balaban J connectivity index is 2.07. The molecule has 26 heavy (non-hydrogen) atoms. The molecule has 144 valence electrons. The molecule has 2 fully saturated rings.